The van der Waals surface area contributed by atoms with Crippen LogP contribution in [0.4, 0.5) is 0 Å². The van der Waals surface area contributed by atoms with E-state index < -0.39 is 0 Å². The van der Waals surface area contributed by atoms with E-state index >= 15 is 0 Å². The summed E-state index contributed by atoms with van der Waals surface area (Å²) < 4.78 is 0. The van der Waals surface area contributed by atoms with Gasteiger partial charge in [0.25, 0.3) is 11.5 Å². The predicted octanol–water partition coefficient (Wildman–Crippen LogP) is 2.74. The van der Waals surface area contributed by atoms with Gasteiger partial charge in [-0.15, -0.1) is 0 Å². The highest BCUT2D eigenvalue weighted by Crippen LogP contribution is 2.27. The van der Waals surface area contributed by atoms with E-state index in [1.807, 2.05) is 35.2 Å². The second-order valence-electron chi connectivity index (χ2n) is 8.60. The van der Waals surface area contributed by atoms with E-state index in [-0.39, 0.29) is 17.4 Å². The fraction of sp³-hybridized carbons (Fsp3) is 0.360. The van der Waals surface area contributed by atoms with Gasteiger partial charge in [-0.1, -0.05) is 36.4 Å². The highest BCUT2D eigenvalue weighted by molar-refractivity contribution is 5.92. The van der Waals surface area contributed by atoms with Crippen molar-refractivity contribution >= 4 is 5.91 Å². The van der Waals surface area contributed by atoms with Crippen molar-refractivity contribution in [1.82, 2.24) is 24.8 Å². The summed E-state index contributed by atoms with van der Waals surface area (Å²) in [6.07, 6.45) is 4.01. The molecule has 164 valence electrons. The Morgan fingerprint density at radius 2 is 1.81 bits per heavy atom. The van der Waals surface area contributed by atoms with Gasteiger partial charge in [-0.2, -0.15) is 0 Å². The topological polar surface area (TPSA) is 82.2 Å². The smallest absolute Gasteiger partial charge is 0.272 e. The predicted molar refractivity (Wildman–Crippen MR) is 121 cm³/mol. The Balaban J connectivity index is 1.24. The van der Waals surface area contributed by atoms with E-state index in [0.717, 1.165) is 49.4 Å². The summed E-state index contributed by atoms with van der Waals surface area (Å²) >= 11 is 0. The molecule has 2 aliphatic heterocycles. The number of hydrogen-bond donors (Lipinski definition) is 1. The van der Waals surface area contributed by atoms with Gasteiger partial charge in [0.05, 0.1) is 11.3 Å². The molecule has 5 rings (SSSR count). The highest BCUT2D eigenvalue weighted by Gasteiger charge is 2.28. The molecule has 2 aromatic heterocycles. The average Bonchev–Trinajstić information content (AvgIpc) is 2.85. The third kappa shape index (κ3) is 4.34. The van der Waals surface area contributed by atoms with E-state index in [0.29, 0.717) is 25.3 Å². The van der Waals surface area contributed by atoms with Crippen LogP contribution in [0.15, 0.2) is 59.5 Å². The van der Waals surface area contributed by atoms with Crippen LogP contribution in [-0.4, -0.2) is 50.3 Å². The van der Waals surface area contributed by atoms with Crippen LogP contribution in [0.1, 0.15) is 51.9 Å². The Hall–Kier alpha value is -3.32. The molecule has 1 fully saturated rings. The lowest BCUT2D eigenvalue weighted by atomic mass is 9.95. The molecule has 1 amide bonds. The number of nitrogens with one attached hydrogen (secondary N) is 1. The van der Waals surface area contributed by atoms with Crippen LogP contribution in [-0.2, 0) is 19.5 Å². The Bertz CT molecular complexity index is 1140. The van der Waals surface area contributed by atoms with E-state index in [1.54, 1.807) is 12.3 Å². The number of rotatable bonds is 4. The number of nitrogens with zero attached hydrogens (tertiary/aromatic N) is 4. The SMILES string of the molecule is O=C(c1ccccn1)N1CCC(c2nc3c(c(=O)[nH]2)CN(Cc2ccccc2)CC3)CC1. The number of benzene rings is 1. The molecule has 7 nitrogen and oxygen atoms in total. The Morgan fingerprint density at radius 3 is 2.56 bits per heavy atom. The zero-order valence-electron chi connectivity index (χ0n) is 18.0. The lowest BCUT2D eigenvalue weighted by Crippen LogP contribution is -2.40. The molecule has 0 radical (unpaired) electrons. The summed E-state index contributed by atoms with van der Waals surface area (Å²) in [5, 5.41) is 0. The van der Waals surface area contributed by atoms with E-state index in [9.17, 15) is 9.59 Å². The van der Waals surface area contributed by atoms with Gasteiger partial charge >= 0.3 is 0 Å². The monoisotopic (exact) mass is 429 g/mol. The largest absolute Gasteiger partial charge is 0.337 e. The van der Waals surface area contributed by atoms with Crippen molar-refractivity contribution in [2.24, 2.45) is 0 Å². The van der Waals surface area contributed by atoms with Crippen LogP contribution in [0.2, 0.25) is 0 Å². The maximum Gasteiger partial charge on any atom is 0.272 e. The van der Waals surface area contributed by atoms with Gasteiger partial charge in [-0.05, 0) is 30.5 Å². The highest BCUT2D eigenvalue weighted by atomic mass is 16.2. The number of hydrogen-bond acceptors (Lipinski definition) is 5. The molecule has 0 saturated carbocycles. The molecular formula is C25H27N5O2. The van der Waals surface area contributed by atoms with Crippen molar-refractivity contribution in [2.75, 3.05) is 19.6 Å². The first-order valence-corrected chi connectivity index (χ1v) is 11.3. The molecule has 7 heteroatoms. The summed E-state index contributed by atoms with van der Waals surface area (Å²) in [5.41, 5.74) is 3.43. The van der Waals surface area contributed by atoms with Gasteiger partial charge in [-0.3, -0.25) is 19.5 Å². The molecule has 2 aliphatic rings. The number of likely N-dealkylation sites (tertiary alicyclic amines) is 1. The van der Waals surface area contributed by atoms with Crippen molar-refractivity contribution in [2.45, 2.75) is 38.3 Å². The number of carbonyl (C=O) groups is 1. The van der Waals surface area contributed by atoms with Crippen LogP contribution in [0.25, 0.3) is 0 Å². The molecule has 0 aliphatic carbocycles. The fourth-order valence-electron chi connectivity index (χ4n) is 4.68. The minimum atomic E-state index is -0.0329. The first-order valence-electron chi connectivity index (χ1n) is 11.3. The number of aromatic nitrogens is 3. The first kappa shape index (κ1) is 20.6. The molecule has 0 atom stereocenters. The van der Waals surface area contributed by atoms with Gasteiger partial charge < -0.3 is 9.88 Å². The van der Waals surface area contributed by atoms with Gasteiger partial charge in [0.2, 0.25) is 0 Å². The van der Waals surface area contributed by atoms with Crippen molar-refractivity contribution < 1.29 is 4.79 Å². The Kier molecular flexibility index (Phi) is 5.81. The second-order valence-corrected chi connectivity index (χ2v) is 8.60. The number of aromatic amines is 1. The lowest BCUT2D eigenvalue weighted by Gasteiger charge is -2.32. The normalized spacial score (nSPS) is 17.2. The average molecular weight is 430 g/mol. The minimum Gasteiger partial charge on any atom is -0.337 e. The second kappa shape index (κ2) is 9.04. The van der Waals surface area contributed by atoms with Crippen molar-refractivity contribution in [3.8, 4) is 0 Å². The molecular weight excluding hydrogens is 402 g/mol. The van der Waals surface area contributed by atoms with Crippen LogP contribution in [0.5, 0.6) is 0 Å². The maximum atomic E-state index is 12.9. The van der Waals surface area contributed by atoms with Crippen molar-refractivity contribution in [1.29, 1.82) is 0 Å². The van der Waals surface area contributed by atoms with Gasteiger partial charge in [0, 0.05) is 51.3 Å². The van der Waals surface area contributed by atoms with Gasteiger partial charge in [0.1, 0.15) is 11.5 Å². The molecule has 4 heterocycles. The number of amides is 1. The zero-order chi connectivity index (χ0) is 21.9. The van der Waals surface area contributed by atoms with Gasteiger partial charge in [0.15, 0.2) is 0 Å². The molecule has 0 unspecified atom stereocenters. The van der Waals surface area contributed by atoms with Gasteiger partial charge in [-0.25, -0.2) is 4.98 Å². The molecule has 3 aromatic rings. The number of fused-ring (bicyclic) bond motifs is 1. The van der Waals surface area contributed by atoms with E-state index in [2.05, 4.69) is 27.0 Å². The van der Waals surface area contributed by atoms with Crippen LogP contribution < -0.4 is 5.56 Å². The summed E-state index contributed by atoms with van der Waals surface area (Å²) in [5.74, 6) is 0.910. The summed E-state index contributed by atoms with van der Waals surface area (Å²) in [7, 11) is 0. The molecule has 1 N–H and O–H groups in total. The maximum absolute atomic E-state index is 12.9. The van der Waals surface area contributed by atoms with E-state index in [4.69, 9.17) is 4.98 Å². The molecule has 0 spiro atoms. The third-order valence-electron chi connectivity index (χ3n) is 6.47. The standard InChI is InChI=1S/C25H27N5O2/c31-24-20-17-29(16-18-6-2-1-3-7-18)13-11-21(20)27-23(28-24)19-9-14-30(15-10-19)25(32)22-8-4-5-12-26-22/h1-8,12,19H,9-11,13-17H2,(H,27,28,31). The summed E-state index contributed by atoms with van der Waals surface area (Å²) in [4.78, 5) is 41.8. The van der Waals surface area contributed by atoms with Crippen molar-refractivity contribution in [3.63, 3.8) is 0 Å². The quantitative estimate of drug-likeness (QED) is 0.690. The molecule has 32 heavy (non-hydrogen) atoms. The lowest BCUT2D eigenvalue weighted by molar-refractivity contribution is 0.0705. The van der Waals surface area contributed by atoms with Crippen LogP contribution >= 0.6 is 0 Å². The van der Waals surface area contributed by atoms with Crippen LogP contribution in [0, 0.1) is 0 Å². The minimum absolute atomic E-state index is 0.0187. The van der Waals surface area contributed by atoms with Crippen molar-refractivity contribution in [3.05, 3.63) is 93.4 Å². The Morgan fingerprint density at radius 1 is 1.03 bits per heavy atom. The zero-order valence-corrected chi connectivity index (χ0v) is 18.0. The third-order valence-corrected chi connectivity index (χ3v) is 6.47. The number of piperidine rings is 1. The number of carbonyl (C=O) groups excluding carboxylic acids is 1. The number of H-pyrrole nitrogens is 1. The van der Waals surface area contributed by atoms with E-state index in [1.165, 1.54) is 5.56 Å². The molecule has 0 bridgehead atoms. The molecule has 1 saturated heterocycles. The summed E-state index contributed by atoms with van der Waals surface area (Å²) in [6.45, 7) is 3.65. The fourth-order valence-corrected chi connectivity index (χ4v) is 4.68. The Labute approximate surface area is 187 Å². The first-order chi connectivity index (χ1) is 15.7. The van der Waals surface area contributed by atoms with Crippen LogP contribution in [0.3, 0.4) is 0 Å². The number of pyridine rings is 1. The summed E-state index contributed by atoms with van der Waals surface area (Å²) in [6, 6.07) is 15.7. The molecule has 1 aromatic carbocycles.